The van der Waals surface area contributed by atoms with Crippen molar-refractivity contribution in [3.05, 3.63) is 77.4 Å². The molecule has 1 saturated heterocycles. The molecular formula is C29H26O15. The van der Waals surface area contributed by atoms with E-state index in [0.717, 1.165) is 30.3 Å². The van der Waals surface area contributed by atoms with E-state index in [-0.39, 0.29) is 0 Å². The molecule has 15 heteroatoms. The van der Waals surface area contributed by atoms with E-state index >= 15 is 0 Å². The minimum atomic E-state index is -2.05. The highest BCUT2D eigenvalue weighted by Gasteiger charge is 2.49. The third-order valence-corrected chi connectivity index (χ3v) is 6.32. The van der Waals surface area contributed by atoms with E-state index in [9.17, 15) is 55.2 Å². The predicted molar refractivity (Wildman–Crippen MR) is 145 cm³/mol. The maximum absolute atomic E-state index is 12.9. The molecule has 1 fully saturated rings. The SMILES string of the molecule is O=C(C=Cc1ccccc1)OC[C@H]1O[C@@H](OC(=O)c2cc(O)c(O)c(O)c2)[C@H](OC(=O)c2cc(O)c(O)c(O)c2)[C@@H](O)[C@@H]1O. The van der Waals surface area contributed by atoms with Crippen LogP contribution in [0, 0.1) is 0 Å². The summed E-state index contributed by atoms with van der Waals surface area (Å²) in [5.74, 6) is -8.94. The lowest BCUT2D eigenvalue weighted by Gasteiger charge is -2.41. The van der Waals surface area contributed by atoms with Crippen molar-refractivity contribution >= 4 is 24.0 Å². The van der Waals surface area contributed by atoms with E-state index in [2.05, 4.69) is 0 Å². The molecule has 0 amide bonds. The summed E-state index contributed by atoms with van der Waals surface area (Å²) in [5.41, 5.74) is -0.360. The predicted octanol–water partition coefficient (Wildman–Crippen LogP) is 1.01. The molecule has 8 N–H and O–H groups in total. The van der Waals surface area contributed by atoms with Crippen LogP contribution in [0.2, 0.25) is 0 Å². The van der Waals surface area contributed by atoms with Crippen molar-refractivity contribution in [3.63, 3.8) is 0 Å². The zero-order valence-corrected chi connectivity index (χ0v) is 22.4. The second-order valence-electron chi connectivity index (χ2n) is 9.40. The van der Waals surface area contributed by atoms with Crippen LogP contribution in [0.1, 0.15) is 26.3 Å². The minimum absolute atomic E-state index is 0.519. The first-order chi connectivity index (χ1) is 20.8. The van der Waals surface area contributed by atoms with E-state index in [0.29, 0.717) is 5.56 Å². The average molecular weight is 615 g/mol. The van der Waals surface area contributed by atoms with Gasteiger partial charge in [-0.05, 0) is 35.9 Å². The molecule has 3 aromatic carbocycles. The maximum Gasteiger partial charge on any atom is 0.340 e. The summed E-state index contributed by atoms with van der Waals surface area (Å²) in [6.45, 7) is -0.675. The molecule has 44 heavy (non-hydrogen) atoms. The molecule has 1 aliphatic rings. The number of carbonyl (C=O) groups excluding carboxylic acids is 3. The Morgan fingerprint density at radius 3 is 1.75 bits per heavy atom. The largest absolute Gasteiger partial charge is 0.504 e. The summed E-state index contributed by atoms with van der Waals surface area (Å²) in [7, 11) is 0. The van der Waals surface area contributed by atoms with E-state index in [1.165, 1.54) is 6.08 Å². The number of ether oxygens (including phenoxy) is 4. The standard InChI is InChI=1S/C29H26O15/c30-16-8-14(9-17(31)22(16)35)27(39)43-26-25(38)24(37)20(12-41-21(34)7-6-13-4-2-1-3-5-13)42-29(26)44-28(40)15-10-18(32)23(36)19(33)11-15/h1-11,20,24-26,29-33,35-38H,12H2/t20-,24-,25+,26-,29+/m1/s1. The maximum atomic E-state index is 12.9. The van der Waals surface area contributed by atoms with Crippen molar-refractivity contribution in [1.82, 2.24) is 0 Å². The molecule has 4 rings (SSSR count). The fourth-order valence-electron chi connectivity index (χ4n) is 4.01. The van der Waals surface area contributed by atoms with Crippen LogP contribution in [-0.2, 0) is 23.7 Å². The van der Waals surface area contributed by atoms with Crippen molar-refractivity contribution in [3.8, 4) is 34.5 Å². The van der Waals surface area contributed by atoms with Crippen LogP contribution in [0.15, 0.2) is 60.7 Å². The Balaban J connectivity index is 1.55. The van der Waals surface area contributed by atoms with Crippen LogP contribution in [0.3, 0.4) is 0 Å². The third-order valence-electron chi connectivity index (χ3n) is 6.32. The second-order valence-corrected chi connectivity index (χ2v) is 9.40. The molecule has 0 aromatic heterocycles. The Morgan fingerprint density at radius 2 is 1.23 bits per heavy atom. The number of hydrogen-bond donors (Lipinski definition) is 8. The van der Waals surface area contributed by atoms with Gasteiger partial charge in [-0.15, -0.1) is 0 Å². The monoisotopic (exact) mass is 614 g/mol. The highest BCUT2D eigenvalue weighted by molar-refractivity contribution is 5.92. The number of phenolic OH excluding ortho intramolecular Hbond substituents is 6. The lowest BCUT2D eigenvalue weighted by atomic mass is 9.99. The zero-order chi connectivity index (χ0) is 32.1. The Kier molecular flexibility index (Phi) is 9.43. The van der Waals surface area contributed by atoms with Crippen LogP contribution in [0.25, 0.3) is 6.08 Å². The van der Waals surface area contributed by atoms with Gasteiger partial charge in [0.05, 0.1) is 11.1 Å². The number of aromatic hydroxyl groups is 6. The third kappa shape index (κ3) is 7.09. The van der Waals surface area contributed by atoms with Gasteiger partial charge in [0.1, 0.15) is 24.9 Å². The summed E-state index contributed by atoms with van der Waals surface area (Å²) >= 11 is 0. The van der Waals surface area contributed by atoms with Gasteiger partial charge in [0.25, 0.3) is 0 Å². The minimum Gasteiger partial charge on any atom is -0.504 e. The van der Waals surface area contributed by atoms with E-state index in [1.807, 2.05) is 0 Å². The number of esters is 3. The summed E-state index contributed by atoms with van der Waals surface area (Å²) in [6.07, 6.45) is -6.94. The fraction of sp³-hybridized carbons (Fsp3) is 0.207. The highest BCUT2D eigenvalue weighted by atomic mass is 16.7. The first-order valence-electron chi connectivity index (χ1n) is 12.7. The molecule has 0 spiro atoms. The highest BCUT2D eigenvalue weighted by Crippen LogP contribution is 2.37. The number of hydrogen-bond acceptors (Lipinski definition) is 15. The Hall–Kier alpha value is -5.51. The number of aliphatic hydroxyl groups is 2. The normalized spacial score (nSPS) is 21.5. The van der Waals surface area contributed by atoms with Gasteiger partial charge < -0.3 is 59.8 Å². The molecule has 0 saturated carbocycles. The Morgan fingerprint density at radius 1 is 0.727 bits per heavy atom. The van der Waals surface area contributed by atoms with Crippen LogP contribution >= 0.6 is 0 Å². The molecule has 1 heterocycles. The molecule has 15 nitrogen and oxygen atoms in total. The number of aliphatic hydroxyl groups excluding tert-OH is 2. The van der Waals surface area contributed by atoms with Crippen molar-refractivity contribution < 1.29 is 74.2 Å². The number of rotatable bonds is 8. The quantitative estimate of drug-likeness (QED) is 0.0763. The molecule has 0 unspecified atom stereocenters. The number of carbonyl (C=O) groups is 3. The first kappa shape index (κ1) is 31.4. The van der Waals surface area contributed by atoms with Gasteiger partial charge in [-0.1, -0.05) is 30.3 Å². The topological polar surface area (TPSA) is 250 Å². The first-order valence-corrected chi connectivity index (χ1v) is 12.7. The van der Waals surface area contributed by atoms with Crippen LogP contribution < -0.4 is 0 Å². The smallest absolute Gasteiger partial charge is 0.340 e. The Labute approximate surface area is 247 Å². The molecule has 232 valence electrons. The summed E-state index contributed by atoms with van der Waals surface area (Å²) in [4.78, 5) is 37.9. The molecule has 0 bridgehead atoms. The summed E-state index contributed by atoms with van der Waals surface area (Å²) in [6, 6.07) is 11.6. The molecule has 0 radical (unpaired) electrons. The van der Waals surface area contributed by atoms with Crippen molar-refractivity contribution in [2.45, 2.75) is 30.7 Å². The van der Waals surface area contributed by atoms with E-state index in [1.54, 1.807) is 30.3 Å². The molecule has 0 aliphatic carbocycles. The summed E-state index contributed by atoms with van der Waals surface area (Å²) in [5, 5.41) is 79.6. The summed E-state index contributed by atoms with van der Waals surface area (Å²) < 4.78 is 21.0. The molecule has 1 aliphatic heterocycles. The van der Waals surface area contributed by atoms with Crippen molar-refractivity contribution in [2.75, 3.05) is 6.61 Å². The van der Waals surface area contributed by atoms with Crippen LogP contribution in [0.4, 0.5) is 0 Å². The van der Waals surface area contributed by atoms with Crippen LogP contribution in [0.5, 0.6) is 34.5 Å². The van der Waals surface area contributed by atoms with E-state index < -0.39 is 101 Å². The molecule has 3 aromatic rings. The van der Waals surface area contributed by atoms with Gasteiger partial charge in [-0.2, -0.15) is 0 Å². The van der Waals surface area contributed by atoms with Gasteiger partial charge >= 0.3 is 17.9 Å². The van der Waals surface area contributed by atoms with Crippen molar-refractivity contribution in [2.24, 2.45) is 0 Å². The van der Waals surface area contributed by atoms with E-state index in [4.69, 9.17) is 18.9 Å². The fourth-order valence-corrected chi connectivity index (χ4v) is 4.01. The lowest BCUT2D eigenvalue weighted by Crippen LogP contribution is -2.61. The Bertz CT molecular complexity index is 1520. The average Bonchev–Trinajstić information content (AvgIpc) is 3.00. The number of benzene rings is 3. The van der Waals surface area contributed by atoms with Gasteiger partial charge in [0.2, 0.25) is 6.29 Å². The van der Waals surface area contributed by atoms with Gasteiger partial charge in [-0.3, -0.25) is 0 Å². The molecule has 5 atom stereocenters. The second kappa shape index (κ2) is 13.2. The lowest BCUT2D eigenvalue weighted by molar-refractivity contribution is -0.285. The molecular weight excluding hydrogens is 588 g/mol. The van der Waals surface area contributed by atoms with Gasteiger partial charge in [-0.25, -0.2) is 14.4 Å². The van der Waals surface area contributed by atoms with Gasteiger partial charge in [0, 0.05) is 6.08 Å². The van der Waals surface area contributed by atoms with Gasteiger partial charge in [0.15, 0.2) is 40.6 Å². The van der Waals surface area contributed by atoms with Crippen LogP contribution in [-0.4, -0.2) is 96.1 Å². The number of phenols is 6. The van der Waals surface area contributed by atoms with Crippen molar-refractivity contribution in [1.29, 1.82) is 0 Å². The zero-order valence-electron chi connectivity index (χ0n) is 22.4.